The Hall–Kier alpha value is -6.21. The number of hydrogen-bond donors (Lipinski definition) is 6. The number of nitrogens with zero attached hydrogens (tertiary/aromatic N) is 4. The summed E-state index contributed by atoms with van der Waals surface area (Å²) in [4.78, 5) is 91.7. The normalized spacial score (nSPS) is 21.4. The van der Waals surface area contributed by atoms with Crippen LogP contribution >= 0.6 is 11.3 Å². The predicted octanol–water partition coefficient (Wildman–Crippen LogP) is 4.03. The van der Waals surface area contributed by atoms with Gasteiger partial charge in [0.2, 0.25) is 35.4 Å². The number of piperidine rings is 1. The molecule has 4 aromatic rings. The van der Waals surface area contributed by atoms with Crippen LogP contribution in [0, 0.1) is 18.3 Å². The van der Waals surface area contributed by atoms with Crippen molar-refractivity contribution in [3.63, 3.8) is 0 Å². The first kappa shape index (κ1) is 52.1. The third-order valence-electron chi connectivity index (χ3n) is 14.7. The Kier molecular flexibility index (Phi) is 16.1. The van der Waals surface area contributed by atoms with E-state index in [9.17, 15) is 33.9 Å². The Morgan fingerprint density at radius 2 is 1.60 bits per heavy atom. The largest absolute Gasteiger partial charge is 0.391 e. The van der Waals surface area contributed by atoms with E-state index in [1.165, 1.54) is 4.90 Å². The van der Waals surface area contributed by atoms with Crippen LogP contribution in [0.25, 0.3) is 10.4 Å². The first-order valence-electron chi connectivity index (χ1n) is 25.2. The number of benzene rings is 3. The van der Waals surface area contributed by atoms with E-state index in [1.54, 1.807) is 16.2 Å². The second-order valence-electron chi connectivity index (χ2n) is 20.9. The van der Waals surface area contributed by atoms with Gasteiger partial charge in [-0.1, -0.05) is 75.4 Å². The molecule has 7 atom stereocenters. The fraction of sp³-hybridized carbons (Fsp3) is 0.500. The van der Waals surface area contributed by atoms with E-state index in [0.717, 1.165) is 49.8 Å². The van der Waals surface area contributed by atoms with Crippen molar-refractivity contribution in [2.75, 3.05) is 29.4 Å². The summed E-state index contributed by atoms with van der Waals surface area (Å²) < 4.78 is 6.30. The van der Waals surface area contributed by atoms with Gasteiger partial charge in [-0.25, -0.2) is 4.98 Å². The number of aryl methyl sites for hydroxylation is 2. The highest BCUT2D eigenvalue weighted by Crippen LogP contribution is 2.39. The Balaban J connectivity index is 0.818. The van der Waals surface area contributed by atoms with Gasteiger partial charge >= 0.3 is 0 Å². The van der Waals surface area contributed by atoms with Crippen LogP contribution in [0.3, 0.4) is 0 Å². The molecular formula is C54H69N9O8S. The highest BCUT2D eigenvalue weighted by molar-refractivity contribution is 7.13. The number of carbonyl (C=O) groups excluding carboxylic acids is 6. The molecule has 0 unspecified atom stereocenters. The lowest BCUT2D eigenvalue weighted by Gasteiger charge is -2.37. The number of amides is 6. The Morgan fingerprint density at radius 3 is 2.26 bits per heavy atom. The van der Waals surface area contributed by atoms with E-state index in [0.29, 0.717) is 45.2 Å². The SMILES string of the molecule is Cc1ncsc1-c1ccc(CNC(=O)[C@@H]2C[C@@H](O)CN2C(=O)[C@@H](NC(=O)C2CCN(c3ccc(CO[C@H](C)[C@H](CCC(N)=O)NC(=O)[C@@H]4Cc5cccc6c5N4C(=O)[C@@H](N)CC6)cc3)CC2)C(C)(C)C)cc1. The van der Waals surface area contributed by atoms with E-state index in [2.05, 4.69) is 25.8 Å². The number of aromatic nitrogens is 1. The fourth-order valence-electron chi connectivity index (χ4n) is 10.5. The number of likely N-dealkylation sites (tertiary alicyclic amines) is 1. The molecule has 0 radical (unpaired) electrons. The molecule has 0 spiro atoms. The number of rotatable bonds is 17. The molecule has 0 bridgehead atoms. The van der Waals surface area contributed by atoms with Crippen molar-refractivity contribution in [3.8, 4) is 10.4 Å². The number of aliphatic hydroxyl groups is 1. The fourth-order valence-corrected chi connectivity index (χ4v) is 11.3. The van der Waals surface area contributed by atoms with Gasteiger partial charge in [-0.3, -0.25) is 33.7 Å². The van der Waals surface area contributed by atoms with Crippen LogP contribution in [0.5, 0.6) is 0 Å². The quantitative estimate of drug-likeness (QED) is 0.0883. The zero-order chi connectivity index (χ0) is 51.4. The summed E-state index contributed by atoms with van der Waals surface area (Å²) in [7, 11) is 0. The number of para-hydroxylation sites is 1. The topological polar surface area (TPSA) is 243 Å². The monoisotopic (exact) mass is 1000 g/mol. The number of β-amino-alcohol motifs (C(OH)–C–C–N with tert-alkyl or cyclic N) is 1. The zero-order valence-corrected chi connectivity index (χ0v) is 42.7. The third-order valence-corrected chi connectivity index (χ3v) is 15.7. The molecule has 8 N–H and O–H groups in total. The summed E-state index contributed by atoms with van der Waals surface area (Å²) >= 11 is 1.57. The number of primary amides is 1. The molecule has 3 aromatic carbocycles. The van der Waals surface area contributed by atoms with Gasteiger partial charge in [0.1, 0.15) is 18.1 Å². The third kappa shape index (κ3) is 11.8. The molecule has 6 amide bonds. The van der Waals surface area contributed by atoms with Crippen LogP contribution in [0.4, 0.5) is 11.4 Å². The van der Waals surface area contributed by atoms with Crippen molar-refractivity contribution in [1.82, 2.24) is 25.8 Å². The van der Waals surface area contributed by atoms with E-state index >= 15 is 0 Å². The molecule has 17 nitrogen and oxygen atoms in total. The lowest BCUT2D eigenvalue weighted by molar-refractivity contribution is -0.144. The number of anilines is 2. The number of nitrogens with one attached hydrogen (secondary N) is 3. The Morgan fingerprint density at radius 1 is 0.903 bits per heavy atom. The van der Waals surface area contributed by atoms with E-state index < -0.39 is 59.6 Å². The first-order valence-corrected chi connectivity index (χ1v) is 26.0. The van der Waals surface area contributed by atoms with Crippen LogP contribution in [0.2, 0.25) is 0 Å². The molecule has 384 valence electrons. The molecule has 0 saturated carbocycles. The Labute approximate surface area is 425 Å². The summed E-state index contributed by atoms with van der Waals surface area (Å²) in [5.41, 5.74) is 20.4. The highest BCUT2D eigenvalue weighted by Gasteiger charge is 2.46. The van der Waals surface area contributed by atoms with Crippen molar-refractivity contribution in [2.24, 2.45) is 22.8 Å². The molecular weight excluding hydrogens is 935 g/mol. The molecule has 72 heavy (non-hydrogen) atoms. The van der Waals surface area contributed by atoms with Crippen molar-refractivity contribution in [1.29, 1.82) is 0 Å². The van der Waals surface area contributed by atoms with Gasteiger partial charge < -0.3 is 47.1 Å². The smallest absolute Gasteiger partial charge is 0.246 e. The number of carbonyl (C=O) groups is 6. The summed E-state index contributed by atoms with van der Waals surface area (Å²) in [6.45, 7) is 11.2. The average Bonchev–Trinajstić information content (AvgIpc) is 4.08. The van der Waals surface area contributed by atoms with Gasteiger partial charge in [-0.05, 0) is 91.3 Å². The van der Waals surface area contributed by atoms with Crippen LogP contribution < -0.4 is 37.2 Å². The molecule has 4 aliphatic heterocycles. The summed E-state index contributed by atoms with van der Waals surface area (Å²) in [6.07, 6.45) is 1.69. The maximum atomic E-state index is 14.3. The van der Waals surface area contributed by atoms with Crippen LogP contribution in [-0.4, -0.2) is 112 Å². The lowest BCUT2D eigenvalue weighted by atomic mass is 9.84. The number of nitrogens with two attached hydrogens (primary N) is 2. The van der Waals surface area contributed by atoms with Gasteiger partial charge in [-0.15, -0.1) is 11.3 Å². The van der Waals surface area contributed by atoms with Crippen molar-refractivity contribution >= 4 is 58.2 Å². The van der Waals surface area contributed by atoms with Crippen LogP contribution in [0.15, 0.2) is 72.2 Å². The molecule has 2 fully saturated rings. The van der Waals surface area contributed by atoms with E-state index in [4.69, 9.17) is 16.2 Å². The van der Waals surface area contributed by atoms with E-state index in [1.807, 2.05) is 107 Å². The van der Waals surface area contributed by atoms with E-state index in [-0.39, 0.29) is 68.5 Å². The van der Waals surface area contributed by atoms with Crippen LogP contribution in [0.1, 0.15) is 94.2 Å². The van der Waals surface area contributed by atoms with Gasteiger partial charge in [-0.2, -0.15) is 0 Å². The zero-order valence-electron chi connectivity index (χ0n) is 41.9. The van der Waals surface area contributed by atoms with Gasteiger partial charge in [0.25, 0.3) is 0 Å². The maximum Gasteiger partial charge on any atom is 0.246 e. The molecule has 5 heterocycles. The maximum absolute atomic E-state index is 14.3. The first-order chi connectivity index (χ1) is 34.4. The summed E-state index contributed by atoms with van der Waals surface area (Å²) in [5.74, 6) is -2.40. The minimum absolute atomic E-state index is 0.00344. The molecule has 4 aliphatic rings. The van der Waals surface area contributed by atoms with Gasteiger partial charge in [0.05, 0.1) is 52.7 Å². The number of aliphatic hydroxyl groups excluding tert-OH is 1. The highest BCUT2D eigenvalue weighted by atomic mass is 32.1. The molecule has 18 heteroatoms. The minimum atomic E-state index is -0.920. The van der Waals surface area contributed by atoms with Crippen molar-refractivity contribution < 1.29 is 38.6 Å². The lowest BCUT2D eigenvalue weighted by Crippen LogP contribution is -2.58. The predicted molar refractivity (Wildman–Crippen MR) is 275 cm³/mol. The standard InChI is InChI=1S/C54H69N9O8S/c1-31-47(72-30-58-31)36-13-9-33(10-14-36)27-57-50(67)43-26-40(64)28-62(43)53(70)48(54(3,4)5)60-49(66)37-21-23-61(24-22-37)39-16-11-34(12-17-39)29-71-32(2)42(19-20-45(56)65)59-51(68)44-25-38-8-6-7-35-15-18-41(55)52(69)63(44)46(35)38/h6-14,16-17,30,32,37,40-44,48,64H,15,18-29,55H2,1-5H3,(H2,56,65)(H,57,67)(H,59,68)(H,60,66)/t32-,40-,41+,42+,43+,44+,48-/m1/s1. The second-order valence-corrected chi connectivity index (χ2v) is 21.8. The number of thiazole rings is 1. The molecule has 8 rings (SSSR count). The van der Waals surface area contributed by atoms with Crippen molar-refractivity contribution in [3.05, 3.63) is 100 Å². The molecule has 2 saturated heterocycles. The molecule has 0 aliphatic carbocycles. The van der Waals surface area contributed by atoms with Gasteiger partial charge in [0.15, 0.2) is 0 Å². The number of hydrogen-bond acceptors (Lipinski definition) is 12. The van der Waals surface area contributed by atoms with Gasteiger partial charge in [0, 0.05) is 57.0 Å². The average molecular weight is 1000 g/mol. The van der Waals surface area contributed by atoms with Crippen LogP contribution in [-0.2, 0) is 59.5 Å². The number of ether oxygens (including phenoxy) is 1. The second kappa shape index (κ2) is 22.3. The van der Waals surface area contributed by atoms with Crippen molar-refractivity contribution in [2.45, 2.75) is 142 Å². The minimum Gasteiger partial charge on any atom is -0.391 e. The Bertz CT molecular complexity index is 2630. The summed E-state index contributed by atoms with van der Waals surface area (Å²) in [6, 6.07) is 17.9. The molecule has 1 aromatic heterocycles. The summed E-state index contributed by atoms with van der Waals surface area (Å²) in [5, 5.41) is 19.8.